The second-order valence-electron chi connectivity index (χ2n) is 4.03. The fourth-order valence-electron chi connectivity index (χ4n) is 1.52. The lowest BCUT2D eigenvalue weighted by Crippen LogP contribution is -2.27. The number of aromatic nitrogens is 2. The maximum atomic E-state index is 11.2. The monoisotopic (exact) mass is 282 g/mol. The van der Waals surface area contributed by atoms with Gasteiger partial charge in [-0.05, 0) is 6.92 Å². The van der Waals surface area contributed by atoms with Gasteiger partial charge in [-0.3, -0.25) is 14.9 Å². The number of nitrogens with one attached hydrogen (secondary N) is 2. The average molecular weight is 282 g/mol. The first kappa shape index (κ1) is 15.6. The van der Waals surface area contributed by atoms with Crippen LogP contribution in [0.25, 0.3) is 0 Å². The van der Waals surface area contributed by atoms with E-state index in [2.05, 4.69) is 20.6 Å². The van der Waals surface area contributed by atoms with Gasteiger partial charge in [0.15, 0.2) is 0 Å². The zero-order valence-corrected chi connectivity index (χ0v) is 11.7. The Hall–Kier alpha value is -2.45. The molecule has 9 heteroatoms. The summed E-state index contributed by atoms with van der Waals surface area (Å²) >= 11 is 0. The normalized spacial score (nSPS) is 9.95. The maximum Gasteiger partial charge on any atom is 0.329 e. The Bertz CT molecular complexity index is 493. The molecule has 20 heavy (non-hydrogen) atoms. The summed E-state index contributed by atoms with van der Waals surface area (Å²) in [6.07, 6.45) is 1.39. The molecule has 1 heterocycles. The topological polar surface area (TPSA) is 113 Å². The molecule has 0 aliphatic rings. The van der Waals surface area contributed by atoms with Gasteiger partial charge in [-0.1, -0.05) is 0 Å². The number of anilines is 2. The highest BCUT2D eigenvalue weighted by atomic mass is 16.6. The molecule has 1 aromatic rings. The quantitative estimate of drug-likeness (QED) is 0.549. The summed E-state index contributed by atoms with van der Waals surface area (Å²) in [5.74, 6) is 0.366. The molecule has 0 saturated carbocycles. The van der Waals surface area contributed by atoms with Crippen molar-refractivity contribution in [1.82, 2.24) is 15.3 Å². The molecule has 0 spiro atoms. The van der Waals surface area contributed by atoms with Crippen LogP contribution in [0.4, 0.5) is 17.5 Å². The van der Waals surface area contributed by atoms with E-state index in [1.807, 2.05) is 6.92 Å². The number of nitro groups is 1. The third-order valence-corrected chi connectivity index (χ3v) is 2.60. The molecule has 0 fully saturated rings. The van der Waals surface area contributed by atoms with Gasteiger partial charge in [0.25, 0.3) is 0 Å². The predicted octanol–water partition coefficient (Wildman–Crippen LogP) is 0.389. The molecule has 1 aromatic heterocycles. The van der Waals surface area contributed by atoms with Crippen LogP contribution in [-0.4, -0.2) is 48.0 Å². The molecule has 0 bridgehead atoms. The van der Waals surface area contributed by atoms with Gasteiger partial charge in [0.1, 0.15) is 6.20 Å². The number of hydrogen-bond acceptors (Lipinski definition) is 7. The van der Waals surface area contributed by atoms with Crippen LogP contribution < -0.4 is 15.5 Å². The molecule has 1 rings (SSSR count). The van der Waals surface area contributed by atoms with E-state index in [-0.39, 0.29) is 23.8 Å². The third-order valence-electron chi connectivity index (χ3n) is 2.60. The summed E-state index contributed by atoms with van der Waals surface area (Å²) in [5.41, 5.74) is -0.189. The highest BCUT2D eigenvalue weighted by Crippen LogP contribution is 2.25. The van der Waals surface area contributed by atoms with Crippen molar-refractivity contribution in [2.24, 2.45) is 0 Å². The van der Waals surface area contributed by atoms with Crippen molar-refractivity contribution in [2.45, 2.75) is 13.3 Å². The van der Waals surface area contributed by atoms with Crippen LogP contribution in [0.5, 0.6) is 0 Å². The predicted molar refractivity (Wildman–Crippen MR) is 74.8 cm³/mol. The number of carbonyl (C=O) groups excluding carboxylic acids is 1. The summed E-state index contributed by atoms with van der Waals surface area (Å²) in [6.45, 7) is 2.81. The minimum absolute atomic E-state index is 0.138. The molecule has 2 N–H and O–H groups in total. The minimum Gasteiger partial charge on any atom is -0.359 e. The summed E-state index contributed by atoms with van der Waals surface area (Å²) in [7, 11) is 3.19. The van der Waals surface area contributed by atoms with Crippen molar-refractivity contribution in [2.75, 3.05) is 37.4 Å². The van der Waals surface area contributed by atoms with Gasteiger partial charge in [0.05, 0.1) is 4.92 Å². The molecule has 0 unspecified atom stereocenters. The third kappa shape index (κ3) is 4.04. The number of carbonyl (C=O) groups is 1. The van der Waals surface area contributed by atoms with E-state index >= 15 is 0 Å². The Morgan fingerprint density at radius 2 is 2.25 bits per heavy atom. The number of hydrogen-bond donors (Lipinski definition) is 2. The molecule has 9 nitrogen and oxygen atoms in total. The van der Waals surface area contributed by atoms with Crippen LogP contribution in [0.15, 0.2) is 6.20 Å². The van der Waals surface area contributed by atoms with Gasteiger partial charge in [-0.2, -0.15) is 4.98 Å². The molecule has 0 saturated heterocycles. The molecule has 0 aliphatic heterocycles. The van der Waals surface area contributed by atoms with E-state index < -0.39 is 4.92 Å². The zero-order chi connectivity index (χ0) is 15.1. The van der Waals surface area contributed by atoms with E-state index in [0.29, 0.717) is 19.0 Å². The van der Waals surface area contributed by atoms with Gasteiger partial charge < -0.3 is 15.5 Å². The second kappa shape index (κ2) is 7.22. The summed E-state index contributed by atoms with van der Waals surface area (Å²) in [5, 5.41) is 16.4. The molecule has 0 radical (unpaired) electrons. The van der Waals surface area contributed by atoms with E-state index in [9.17, 15) is 14.9 Å². The highest BCUT2D eigenvalue weighted by molar-refractivity contribution is 5.76. The van der Waals surface area contributed by atoms with E-state index in [0.717, 1.165) is 6.20 Å². The zero-order valence-electron chi connectivity index (χ0n) is 11.7. The largest absolute Gasteiger partial charge is 0.359 e. The number of rotatable bonds is 7. The first-order chi connectivity index (χ1) is 9.49. The second-order valence-corrected chi connectivity index (χ2v) is 4.03. The highest BCUT2D eigenvalue weighted by Gasteiger charge is 2.21. The number of nitrogens with zero attached hydrogens (tertiary/aromatic N) is 4. The fourth-order valence-corrected chi connectivity index (χ4v) is 1.52. The Morgan fingerprint density at radius 1 is 1.55 bits per heavy atom. The van der Waals surface area contributed by atoms with Gasteiger partial charge >= 0.3 is 5.69 Å². The lowest BCUT2D eigenvalue weighted by molar-refractivity contribution is -0.384. The van der Waals surface area contributed by atoms with Crippen LogP contribution in [0.1, 0.15) is 13.3 Å². The van der Waals surface area contributed by atoms with Crippen LogP contribution in [0.2, 0.25) is 0 Å². The summed E-state index contributed by atoms with van der Waals surface area (Å²) < 4.78 is 0. The van der Waals surface area contributed by atoms with Crippen molar-refractivity contribution in [3.05, 3.63) is 16.3 Å². The molecule has 0 aliphatic carbocycles. The minimum atomic E-state index is -0.540. The summed E-state index contributed by atoms with van der Waals surface area (Å²) in [4.78, 5) is 31.2. The standard InChI is InChI=1S/C11H18N6O3/c1-4-13-11-14-7-8(17(19)20)10(15-11)16(3)6-5-9(18)12-2/h7H,4-6H2,1-3H3,(H,12,18)(H,13,14,15). The van der Waals surface area contributed by atoms with Gasteiger partial charge in [-0.15, -0.1) is 0 Å². The molecule has 110 valence electrons. The van der Waals surface area contributed by atoms with Gasteiger partial charge in [0.2, 0.25) is 17.7 Å². The lowest BCUT2D eigenvalue weighted by Gasteiger charge is -2.17. The van der Waals surface area contributed by atoms with Crippen molar-refractivity contribution < 1.29 is 9.72 Å². The van der Waals surface area contributed by atoms with E-state index in [1.165, 1.54) is 0 Å². The smallest absolute Gasteiger partial charge is 0.329 e. The maximum absolute atomic E-state index is 11.2. The Kier molecular flexibility index (Phi) is 5.63. The number of amides is 1. The Morgan fingerprint density at radius 3 is 2.80 bits per heavy atom. The molecular weight excluding hydrogens is 264 g/mol. The van der Waals surface area contributed by atoms with Crippen molar-refractivity contribution in [3.63, 3.8) is 0 Å². The van der Waals surface area contributed by atoms with E-state index in [1.54, 1.807) is 19.0 Å². The van der Waals surface area contributed by atoms with Crippen LogP contribution in [0, 0.1) is 10.1 Å². The van der Waals surface area contributed by atoms with Gasteiger partial charge in [-0.25, -0.2) is 4.98 Å². The molecule has 0 aromatic carbocycles. The van der Waals surface area contributed by atoms with Crippen LogP contribution in [-0.2, 0) is 4.79 Å². The first-order valence-electron chi connectivity index (χ1n) is 6.16. The summed E-state index contributed by atoms with van der Waals surface area (Å²) in [6, 6.07) is 0. The van der Waals surface area contributed by atoms with Gasteiger partial charge in [0, 0.05) is 33.6 Å². The van der Waals surface area contributed by atoms with Crippen LogP contribution >= 0.6 is 0 Å². The molecule has 0 atom stereocenters. The van der Waals surface area contributed by atoms with Crippen molar-refractivity contribution in [3.8, 4) is 0 Å². The Labute approximate surface area is 116 Å². The average Bonchev–Trinajstić information content (AvgIpc) is 2.44. The SMILES string of the molecule is CCNc1ncc([N+](=O)[O-])c(N(C)CCC(=O)NC)n1. The first-order valence-corrected chi connectivity index (χ1v) is 6.16. The molecular formula is C11H18N6O3. The van der Waals surface area contributed by atoms with Crippen molar-refractivity contribution >= 4 is 23.4 Å². The fraction of sp³-hybridized carbons (Fsp3) is 0.545. The van der Waals surface area contributed by atoms with E-state index in [4.69, 9.17) is 0 Å². The Balaban J connectivity index is 2.96. The molecule has 1 amide bonds. The van der Waals surface area contributed by atoms with Crippen LogP contribution in [0.3, 0.4) is 0 Å². The lowest BCUT2D eigenvalue weighted by atomic mass is 10.3. The van der Waals surface area contributed by atoms with Crippen molar-refractivity contribution in [1.29, 1.82) is 0 Å².